The largest absolute Gasteiger partial charge is 0.310 e. The second-order valence-electron chi connectivity index (χ2n) is 7.70. The van der Waals surface area contributed by atoms with Crippen molar-refractivity contribution >= 4 is 17.5 Å². The number of nitrogens with one attached hydrogen (secondary N) is 1. The first-order chi connectivity index (χ1) is 13.7. The van der Waals surface area contributed by atoms with Crippen molar-refractivity contribution in [3.8, 4) is 5.95 Å². The van der Waals surface area contributed by atoms with Gasteiger partial charge in [0.25, 0.3) is 5.95 Å². The van der Waals surface area contributed by atoms with Gasteiger partial charge in [-0.05, 0) is 52.3 Å². The van der Waals surface area contributed by atoms with E-state index in [9.17, 15) is 9.59 Å². The van der Waals surface area contributed by atoms with Crippen LogP contribution >= 0.6 is 0 Å². The number of benzene rings is 1. The first-order valence-electron chi connectivity index (χ1n) is 9.58. The predicted octanol–water partition coefficient (Wildman–Crippen LogP) is 3.51. The van der Waals surface area contributed by atoms with Crippen LogP contribution in [0.3, 0.4) is 0 Å². The van der Waals surface area contributed by atoms with E-state index in [0.29, 0.717) is 23.0 Å². The van der Waals surface area contributed by atoms with Crippen LogP contribution in [0.2, 0.25) is 0 Å². The van der Waals surface area contributed by atoms with E-state index in [1.165, 1.54) is 4.68 Å². The normalized spacial score (nSPS) is 15.8. The third kappa shape index (κ3) is 3.33. The number of ketones is 1. The zero-order valence-electron chi connectivity index (χ0n) is 17.2. The molecule has 1 aliphatic rings. The molecule has 0 radical (unpaired) electrons. The molecule has 1 unspecified atom stereocenters. The fourth-order valence-electron chi connectivity index (χ4n) is 3.91. The van der Waals surface area contributed by atoms with Crippen LogP contribution in [0.4, 0.5) is 5.82 Å². The molecule has 1 N–H and O–H groups in total. The first kappa shape index (κ1) is 19.0. The average molecular weight is 389 g/mol. The molecule has 3 aromatic rings. The number of Topliss-reactive ketones (excluding diaryl/α,β-unsaturated/α-hetero) is 1. The molecule has 0 spiro atoms. The van der Waals surface area contributed by atoms with Crippen molar-refractivity contribution in [3.63, 3.8) is 0 Å². The van der Waals surface area contributed by atoms with Crippen molar-refractivity contribution in [1.82, 2.24) is 19.7 Å². The maximum absolute atomic E-state index is 13.4. The summed E-state index contributed by atoms with van der Waals surface area (Å²) in [5.41, 5.74) is 5.58. The maximum Gasteiger partial charge on any atom is 0.252 e. The third-order valence-corrected chi connectivity index (χ3v) is 5.24. The minimum absolute atomic E-state index is 0.0636. The van der Waals surface area contributed by atoms with Crippen LogP contribution in [0.15, 0.2) is 24.3 Å². The molecule has 1 aromatic carbocycles. The molecule has 0 bridgehead atoms. The van der Waals surface area contributed by atoms with E-state index in [1.807, 2.05) is 58.9 Å². The summed E-state index contributed by atoms with van der Waals surface area (Å²) in [5, 5.41) is 7.45. The molecule has 1 aliphatic heterocycles. The Hall–Kier alpha value is -3.35. The number of carbonyl (C=O) groups excluding carboxylic acids is 2. The van der Waals surface area contributed by atoms with E-state index in [-0.39, 0.29) is 18.1 Å². The number of aromatic nitrogens is 4. The number of anilines is 1. The highest BCUT2D eigenvalue weighted by Gasteiger charge is 2.37. The summed E-state index contributed by atoms with van der Waals surface area (Å²) in [6.07, 6.45) is 0.0967. The lowest BCUT2D eigenvalue weighted by molar-refractivity contribution is -0.116. The summed E-state index contributed by atoms with van der Waals surface area (Å²) in [6, 6.07) is 7.67. The minimum Gasteiger partial charge on any atom is -0.310 e. The van der Waals surface area contributed by atoms with Crippen LogP contribution in [0.25, 0.3) is 5.95 Å². The van der Waals surface area contributed by atoms with E-state index in [1.54, 1.807) is 0 Å². The smallest absolute Gasteiger partial charge is 0.252 e. The summed E-state index contributed by atoms with van der Waals surface area (Å²) in [4.78, 5) is 34.9. The second-order valence-corrected chi connectivity index (χ2v) is 7.70. The lowest BCUT2D eigenvalue weighted by atomic mass is 9.84. The first-order valence-corrected chi connectivity index (χ1v) is 9.58. The van der Waals surface area contributed by atoms with E-state index in [2.05, 4.69) is 20.4 Å². The van der Waals surface area contributed by atoms with Gasteiger partial charge in [0.1, 0.15) is 5.82 Å². The molecule has 7 heteroatoms. The number of nitrogens with zero attached hydrogens (tertiary/aromatic N) is 4. The highest BCUT2D eigenvalue weighted by molar-refractivity contribution is 6.08. The van der Waals surface area contributed by atoms with Crippen molar-refractivity contribution in [1.29, 1.82) is 0 Å². The number of aryl methyl sites for hydroxylation is 5. The van der Waals surface area contributed by atoms with Crippen molar-refractivity contribution in [2.24, 2.45) is 0 Å². The summed E-state index contributed by atoms with van der Waals surface area (Å²) in [5.74, 6) is -0.00345. The molecular weight excluding hydrogens is 366 g/mol. The van der Waals surface area contributed by atoms with Crippen LogP contribution in [0.5, 0.6) is 0 Å². The van der Waals surface area contributed by atoms with Crippen molar-refractivity contribution in [3.05, 3.63) is 63.6 Å². The number of amides is 1. The Balaban J connectivity index is 1.86. The molecule has 148 valence electrons. The zero-order valence-corrected chi connectivity index (χ0v) is 17.2. The summed E-state index contributed by atoms with van der Waals surface area (Å²) >= 11 is 0. The second kappa shape index (κ2) is 6.92. The molecule has 1 atom stereocenters. The van der Waals surface area contributed by atoms with Crippen LogP contribution in [-0.4, -0.2) is 31.4 Å². The van der Waals surface area contributed by atoms with Crippen LogP contribution < -0.4 is 5.32 Å². The number of fused-ring (bicyclic) bond motifs is 1. The molecule has 1 amide bonds. The van der Waals surface area contributed by atoms with E-state index in [4.69, 9.17) is 0 Å². The monoisotopic (exact) mass is 389 g/mol. The fourth-order valence-corrected chi connectivity index (χ4v) is 3.91. The standard InChI is InChI=1S/C22H23N5O2/c1-11-6-7-12(2)16(8-11)20(29)17-10-18(28)25-21-19(17)15(5)26-27(21)22-23-13(3)9-14(4)24-22/h6-9,17H,10H2,1-5H3,(H,25,28). The van der Waals surface area contributed by atoms with Crippen LogP contribution in [0.1, 0.15) is 56.5 Å². The Morgan fingerprint density at radius 3 is 2.45 bits per heavy atom. The maximum atomic E-state index is 13.4. The predicted molar refractivity (Wildman–Crippen MR) is 110 cm³/mol. The van der Waals surface area contributed by atoms with Crippen LogP contribution in [-0.2, 0) is 4.79 Å². The van der Waals surface area contributed by atoms with E-state index >= 15 is 0 Å². The molecular formula is C22H23N5O2. The van der Waals surface area contributed by atoms with Gasteiger partial charge in [-0.2, -0.15) is 9.78 Å². The fraction of sp³-hybridized carbons (Fsp3) is 0.318. The topological polar surface area (TPSA) is 89.8 Å². The lowest BCUT2D eigenvalue weighted by Gasteiger charge is -2.23. The number of rotatable bonds is 3. The van der Waals surface area contributed by atoms with Gasteiger partial charge in [0.2, 0.25) is 5.91 Å². The summed E-state index contributed by atoms with van der Waals surface area (Å²) in [6.45, 7) is 9.48. The molecule has 0 saturated carbocycles. The molecule has 3 heterocycles. The molecule has 0 fully saturated rings. The molecule has 7 nitrogen and oxygen atoms in total. The zero-order chi connectivity index (χ0) is 20.9. The van der Waals surface area contributed by atoms with Gasteiger partial charge in [-0.3, -0.25) is 9.59 Å². The highest BCUT2D eigenvalue weighted by atomic mass is 16.2. The lowest BCUT2D eigenvalue weighted by Crippen LogP contribution is -2.29. The molecule has 2 aromatic heterocycles. The van der Waals surface area contributed by atoms with Gasteiger partial charge in [0.05, 0.1) is 11.6 Å². The molecule has 29 heavy (non-hydrogen) atoms. The van der Waals surface area contributed by atoms with Gasteiger partial charge < -0.3 is 5.32 Å². The summed E-state index contributed by atoms with van der Waals surface area (Å²) < 4.78 is 1.53. The summed E-state index contributed by atoms with van der Waals surface area (Å²) in [7, 11) is 0. The van der Waals surface area contributed by atoms with Gasteiger partial charge in [-0.1, -0.05) is 17.7 Å². The third-order valence-electron chi connectivity index (χ3n) is 5.24. The van der Waals surface area contributed by atoms with Crippen molar-refractivity contribution in [2.45, 2.75) is 47.0 Å². The number of hydrogen-bond acceptors (Lipinski definition) is 5. The van der Waals surface area contributed by atoms with Crippen molar-refractivity contribution in [2.75, 3.05) is 5.32 Å². The molecule has 0 aliphatic carbocycles. The average Bonchev–Trinajstić information content (AvgIpc) is 2.98. The SMILES string of the molecule is Cc1ccc(C)c(C(=O)C2CC(=O)Nc3c2c(C)nn3-c2nc(C)cc(C)n2)c1. The van der Waals surface area contributed by atoms with Crippen molar-refractivity contribution < 1.29 is 9.59 Å². The van der Waals surface area contributed by atoms with Gasteiger partial charge in [0, 0.05) is 28.9 Å². The Bertz CT molecular complexity index is 1140. The Kier molecular flexibility index (Phi) is 4.53. The van der Waals surface area contributed by atoms with Gasteiger partial charge in [0.15, 0.2) is 5.78 Å². The highest BCUT2D eigenvalue weighted by Crippen LogP contribution is 2.38. The molecule has 4 rings (SSSR count). The Morgan fingerprint density at radius 2 is 1.76 bits per heavy atom. The van der Waals surface area contributed by atoms with Gasteiger partial charge in [-0.15, -0.1) is 0 Å². The van der Waals surface area contributed by atoms with E-state index < -0.39 is 5.92 Å². The van der Waals surface area contributed by atoms with E-state index in [0.717, 1.165) is 28.1 Å². The Morgan fingerprint density at radius 1 is 1.07 bits per heavy atom. The number of carbonyl (C=O) groups is 2. The Labute approximate surface area is 169 Å². The quantitative estimate of drug-likeness (QED) is 0.692. The van der Waals surface area contributed by atoms with Crippen LogP contribution in [0, 0.1) is 34.6 Å². The molecule has 0 saturated heterocycles. The van der Waals surface area contributed by atoms with Gasteiger partial charge >= 0.3 is 0 Å². The van der Waals surface area contributed by atoms with Gasteiger partial charge in [-0.25, -0.2) is 9.97 Å². The number of hydrogen-bond donors (Lipinski definition) is 1. The minimum atomic E-state index is -0.584.